The lowest BCUT2D eigenvalue weighted by Gasteiger charge is -2.09. The molecule has 0 saturated heterocycles. The molecular weight excluding hydrogens is 326 g/mol. The summed E-state index contributed by atoms with van der Waals surface area (Å²) in [4.78, 5) is 23.3. The number of hydrogen-bond acceptors (Lipinski definition) is 5. The molecule has 24 heavy (non-hydrogen) atoms. The van der Waals surface area contributed by atoms with E-state index >= 15 is 0 Å². The highest BCUT2D eigenvalue weighted by Crippen LogP contribution is 2.21. The third-order valence-corrected chi connectivity index (χ3v) is 4.14. The van der Waals surface area contributed by atoms with Crippen molar-refractivity contribution in [3.63, 3.8) is 0 Å². The van der Waals surface area contributed by atoms with Crippen LogP contribution in [-0.2, 0) is 4.79 Å². The van der Waals surface area contributed by atoms with E-state index in [-0.39, 0.29) is 11.7 Å². The first-order chi connectivity index (χ1) is 11.5. The van der Waals surface area contributed by atoms with Crippen molar-refractivity contribution in [1.82, 2.24) is 25.4 Å². The molecule has 128 valence electrons. The topological polar surface area (TPSA) is 88.9 Å². The molecule has 0 atom stereocenters. The number of nitrogens with zero attached hydrogens (tertiary/aromatic N) is 3. The molecule has 2 rings (SSSR count). The number of carbonyl (C=O) groups is 2. The molecular formula is C16H21N5O2S. The zero-order valence-electron chi connectivity index (χ0n) is 14.0. The number of carbonyl (C=O) groups excluding carboxylic acids is 2. The quantitative estimate of drug-likeness (QED) is 0.782. The van der Waals surface area contributed by atoms with Crippen LogP contribution in [0.15, 0.2) is 29.4 Å². The molecule has 0 saturated carbocycles. The largest absolute Gasteiger partial charge is 0.338 e. The molecule has 8 heteroatoms. The first-order valence-electron chi connectivity index (χ1n) is 7.70. The monoisotopic (exact) mass is 347 g/mol. The van der Waals surface area contributed by atoms with E-state index in [9.17, 15) is 9.59 Å². The predicted molar refractivity (Wildman–Crippen MR) is 93.4 cm³/mol. The Morgan fingerprint density at radius 2 is 1.88 bits per heavy atom. The molecule has 0 radical (unpaired) electrons. The fraction of sp³-hybridized carbons (Fsp3) is 0.375. The summed E-state index contributed by atoms with van der Waals surface area (Å²) in [6, 6.07) is 7.50. The number of aryl methyl sites for hydroxylation is 2. The van der Waals surface area contributed by atoms with Crippen LogP contribution in [0.5, 0.6) is 0 Å². The Labute approximate surface area is 145 Å². The van der Waals surface area contributed by atoms with Crippen LogP contribution >= 0.6 is 11.8 Å². The van der Waals surface area contributed by atoms with Gasteiger partial charge in [-0.25, -0.2) is 4.79 Å². The van der Waals surface area contributed by atoms with Crippen LogP contribution in [0.3, 0.4) is 0 Å². The Bertz CT molecular complexity index is 712. The molecule has 0 bridgehead atoms. The zero-order valence-corrected chi connectivity index (χ0v) is 14.8. The Morgan fingerprint density at radius 1 is 1.17 bits per heavy atom. The Morgan fingerprint density at radius 3 is 2.54 bits per heavy atom. The van der Waals surface area contributed by atoms with Crippen molar-refractivity contribution < 1.29 is 9.59 Å². The molecule has 7 nitrogen and oxygen atoms in total. The van der Waals surface area contributed by atoms with Crippen molar-refractivity contribution in [1.29, 1.82) is 0 Å². The normalized spacial score (nSPS) is 10.5. The predicted octanol–water partition coefficient (Wildman–Crippen LogP) is 2.21. The van der Waals surface area contributed by atoms with Crippen molar-refractivity contribution in [3.05, 3.63) is 35.7 Å². The second-order valence-corrected chi connectivity index (χ2v) is 6.24. The van der Waals surface area contributed by atoms with E-state index in [0.717, 1.165) is 23.5 Å². The van der Waals surface area contributed by atoms with Gasteiger partial charge in [-0.1, -0.05) is 36.4 Å². The summed E-state index contributed by atoms with van der Waals surface area (Å²) >= 11 is 1.24. The molecule has 0 aliphatic carbocycles. The minimum atomic E-state index is -0.473. The number of nitrogens with one attached hydrogen (secondary N) is 2. The maximum atomic E-state index is 11.8. The van der Waals surface area contributed by atoms with Crippen LogP contribution in [0.4, 0.5) is 4.79 Å². The van der Waals surface area contributed by atoms with E-state index in [1.165, 1.54) is 11.8 Å². The average Bonchev–Trinajstić information content (AvgIpc) is 2.92. The van der Waals surface area contributed by atoms with Crippen molar-refractivity contribution in [2.45, 2.75) is 32.3 Å². The molecule has 1 heterocycles. The number of thioether (sulfide) groups is 1. The lowest BCUT2D eigenvalue weighted by molar-refractivity contribution is -0.117. The summed E-state index contributed by atoms with van der Waals surface area (Å²) in [5.41, 5.74) is 2.10. The third kappa shape index (κ3) is 4.82. The van der Waals surface area contributed by atoms with Gasteiger partial charge in [0.25, 0.3) is 0 Å². The number of imide groups is 1. The van der Waals surface area contributed by atoms with Gasteiger partial charge in [0.05, 0.1) is 5.75 Å². The first kappa shape index (κ1) is 18.0. The second-order valence-electron chi connectivity index (χ2n) is 5.29. The number of urea groups is 1. The molecule has 0 spiro atoms. The highest BCUT2D eigenvalue weighted by atomic mass is 32.2. The summed E-state index contributed by atoms with van der Waals surface area (Å²) in [7, 11) is 0. The van der Waals surface area contributed by atoms with E-state index in [4.69, 9.17) is 0 Å². The van der Waals surface area contributed by atoms with Crippen molar-refractivity contribution in [2.75, 3.05) is 12.3 Å². The molecule has 0 aliphatic heterocycles. The van der Waals surface area contributed by atoms with Crippen molar-refractivity contribution in [2.24, 2.45) is 0 Å². The van der Waals surface area contributed by atoms with Crippen molar-refractivity contribution >= 4 is 23.7 Å². The van der Waals surface area contributed by atoms with Crippen LogP contribution in [0.2, 0.25) is 0 Å². The van der Waals surface area contributed by atoms with Gasteiger partial charge in [0.2, 0.25) is 5.91 Å². The molecule has 2 N–H and O–H groups in total. The van der Waals surface area contributed by atoms with Gasteiger partial charge in [0, 0.05) is 12.2 Å². The van der Waals surface area contributed by atoms with Gasteiger partial charge in [0.15, 0.2) is 5.16 Å². The summed E-state index contributed by atoms with van der Waals surface area (Å²) in [5.74, 6) is 0.455. The summed E-state index contributed by atoms with van der Waals surface area (Å²) in [6.45, 7) is 6.35. The van der Waals surface area contributed by atoms with Gasteiger partial charge in [0.1, 0.15) is 5.82 Å². The summed E-state index contributed by atoms with van der Waals surface area (Å²) < 4.78 is 1.88. The number of hydrogen-bond donors (Lipinski definition) is 2. The van der Waals surface area contributed by atoms with Gasteiger partial charge in [-0.05, 0) is 32.4 Å². The van der Waals surface area contributed by atoms with E-state index in [1.54, 1.807) is 0 Å². The number of aromatic nitrogens is 3. The van der Waals surface area contributed by atoms with E-state index < -0.39 is 6.03 Å². The molecule has 0 fully saturated rings. The summed E-state index contributed by atoms with van der Waals surface area (Å²) in [6.07, 6.45) is 0.815. The van der Waals surface area contributed by atoms with Gasteiger partial charge in [-0.2, -0.15) is 0 Å². The molecule has 1 aromatic heterocycles. The first-order valence-corrected chi connectivity index (χ1v) is 8.69. The van der Waals surface area contributed by atoms with E-state index in [2.05, 4.69) is 20.8 Å². The van der Waals surface area contributed by atoms with Crippen LogP contribution in [0.1, 0.15) is 24.7 Å². The van der Waals surface area contributed by atoms with E-state index in [0.29, 0.717) is 11.7 Å². The molecule has 0 unspecified atom stereocenters. The van der Waals surface area contributed by atoms with E-state index in [1.807, 2.05) is 49.6 Å². The number of benzene rings is 1. The fourth-order valence-electron chi connectivity index (χ4n) is 2.00. The third-order valence-electron chi connectivity index (χ3n) is 3.21. The Balaban J connectivity index is 2.00. The van der Waals surface area contributed by atoms with Gasteiger partial charge in [-0.3, -0.25) is 14.7 Å². The number of rotatable bonds is 6. The average molecular weight is 347 g/mol. The lowest BCUT2D eigenvalue weighted by Crippen LogP contribution is -2.40. The standard InChI is InChI=1S/C16H21N5O2S/c1-4-9-17-15(23)18-14(22)10-24-16-20-19-12(3)21(16)13-7-5-11(2)6-8-13/h5-8H,4,9-10H2,1-3H3,(H2,17,18,22,23). The fourth-order valence-corrected chi connectivity index (χ4v) is 2.80. The van der Waals surface area contributed by atoms with Crippen LogP contribution < -0.4 is 10.6 Å². The van der Waals surface area contributed by atoms with Crippen LogP contribution in [0, 0.1) is 13.8 Å². The van der Waals surface area contributed by atoms with Gasteiger partial charge < -0.3 is 5.32 Å². The van der Waals surface area contributed by atoms with Crippen LogP contribution in [0.25, 0.3) is 5.69 Å². The molecule has 3 amide bonds. The SMILES string of the molecule is CCCNC(=O)NC(=O)CSc1nnc(C)n1-c1ccc(C)cc1. The van der Waals surface area contributed by atoms with Crippen molar-refractivity contribution in [3.8, 4) is 5.69 Å². The minimum absolute atomic E-state index is 0.0868. The minimum Gasteiger partial charge on any atom is -0.338 e. The van der Waals surface area contributed by atoms with Gasteiger partial charge in [-0.15, -0.1) is 10.2 Å². The highest BCUT2D eigenvalue weighted by Gasteiger charge is 2.14. The molecule has 0 aliphatic rings. The van der Waals surface area contributed by atoms with Crippen LogP contribution in [-0.4, -0.2) is 39.0 Å². The maximum Gasteiger partial charge on any atom is 0.321 e. The lowest BCUT2D eigenvalue weighted by atomic mass is 10.2. The highest BCUT2D eigenvalue weighted by molar-refractivity contribution is 7.99. The number of amides is 3. The maximum absolute atomic E-state index is 11.8. The molecule has 1 aromatic carbocycles. The smallest absolute Gasteiger partial charge is 0.321 e. The Hall–Kier alpha value is -2.35. The Kier molecular flexibility index (Phi) is 6.36. The second kappa shape index (κ2) is 8.49. The summed E-state index contributed by atoms with van der Waals surface area (Å²) in [5, 5.41) is 13.7. The molecule has 2 aromatic rings. The van der Waals surface area contributed by atoms with Gasteiger partial charge >= 0.3 is 6.03 Å². The zero-order chi connectivity index (χ0) is 17.5.